The van der Waals surface area contributed by atoms with E-state index in [4.69, 9.17) is 16.3 Å². The van der Waals surface area contributed by atoms with Gasteiger partial charge in [0.2, 0.25) is 0 Å². The summed E-state index contributed by atoms with van der Waals surface area (Å²) in [6, 6.07) is 13.6. The molecule has 4 heteroatoms. The zero-order valence-electron chi connectivity index (χ0n) is 12.4. The van der Waals surface area contributed by atoms with E-state index < -0.39 is 0 Å². The molecule has 0 fully saturated rings. The monoisotopic (exact) mass is 302 g/mol. The third-order valence-corrected chi connectivity index (χ3v) is 3.22. The Hall–Kier alpha value is -2.00. The summed E-state index contributed by atoms with van der Waals surface area (Å²) >= 11 is 6.07. The molecule has 2 aromatic carbocycles. The molecule has 0 heterocycles. The Morgan fingerprint density at radius 3 is 2.71 bits per heavy atom. The van der Waals surface area contributed by atoms with E-state index in [1.807, 2.05) is 63.2 Å². The number of benzene rings is 2. The Morgan fingerprint density at radius 1 is 1.19 bits per heavy atom. The van der Waals surface area contributed by atoms with Crippen LogP contribution in [0.2, 0.25) is 5.02 Å². The summed E-state index contributed by atoms with van der Waals surface area (Å²) in [5.74, 6) is 0.840. The van der Waals surface area contributed by atoms with Crippen LogP contribution in [0.3, 0.4) is 0 Å². The maximum atomic E-state index is 6.07. The van der Waals surface area contributed by atoms with Gasteiger partial charge < -0.3 is 4.74 Å². The van der Waals surface area contributed by atoms with Gasteiger partial charge in [0.1, 0.15) is 5.75 Å². The zero-order chi connectivity index (χ0) is 15.2. The van der Waals surface area contributed by atoms with Crippen LogP contribution in [0.15, 0.2) is 47.6 Å². The van der Waals surface area contributed by atoms with Gasteiger partial charge in [-0.15, -0.1) is 0 Å². The topological polar surface area (TPSA) is 33.6 Å². The first-order chi connectivity index (χ1) is 10.0. The normalized spacial score (nSPS) is 11.1. The van der Waals surface area contributed by atoms with Gasteiger partial charge in [-0.25, -0.2) is 0 Å². The fourth-order valence-corrected chi connectivity index (χ4v) is 1.96. The molecule has 2 aromatic rings. The molecular formula is C17H19ClN2O. The van der Waals surface area contributed by atoms with Crippen molar-refractivity contribution in [3.63, 3.8) is 0 Å². The number of rotatable bonds is 5. The van der Waals surface area contributed by atoms with E-state index in [0.717, 1.165) is 27.6 Å². The maximum Gasteiger partial charge on any atom is 0.120 e. The average Bonchev–Trinajstić information content (AvgIpc) is 2.42. The number of hydrogen-bond acceptors (Lipinski definition) is 3. The number of nitrogens with one attached hydrogen (secondary N) is 1. The van der Waals surface area contributed by atoms with Gasteiger partial charge in [-0.3, -0.25) is 5.43 Å². The third kappa shape index (κ3) is 4.80. The highest BCUT2D eigenvalue weighted by Crippen LogP contribution is 2.20. The molecule has 0 saturated heterocycles. The van der Waals surface area contributed by atoms with Crippen LogP contribution in [0.25, 0.3) is 0 Å². The number of halogens is 1. The summed E-state index contributed by atoms with van der Waals surface area (Å²) in [5.41, 5.74) is 5.84. The predicted octanol–water partition coefficient (Wildman–Crippen LogP) is 4.88. The van der Waals surface area contributed by atoms with E-state index in [-0.39, 0.29) is 6.10 Å². The van der Waals surface area contributed by atoms with E-state index in [0.29, 0.717) is 0 Å². The highest BCUT2D eigenvalue weighted by Gasteiger charge is 1.98. The summed E-state index contributed by atoms with van der Waals surface area (Å²) in [6.07, 6.45) is 1.91. The third-order valence-electron chi connectivity index (χ3n) is 2.81. The maximum absolute atomic E-state index is 6.07. The number of nitrogens with zero attached hydrogens (tertiary/aromatic N) is 1. The van der Waals surface area contributed by atoms with Crippen LogP contribution >= 0.6 is 11.6 Å². The van der Waals surface area contributed by atoms with Crippen molar-refractivity contribution in [2.45, 2.75) is 26.9 Å². The predicted molar refractivity (Wildman–Crippen MR) is 89.6 cm³/mol. The van der Waals surface area contributed by atoms with E-state index in [1.54, 1.807) is 6.21 Å². The quantitative estimate of drug-likeness (QED) is 0.630. The van der Waals surface area contributed by atoms with E-state index in [2.05, 4.69) is 10.5 Å². The first kappa shape index (κ1) is 15.4. The number of anilines is 1. The van der Waals surface area contributed by atoms with Crippen LogP contribution in [0.5, 0.6) is 5.75 Å². The van der Waals surface area contributed by atoms with E-state index in [1.165, 1.54) is 0 Å². The minimum absolute atomic E-state index is 0.157. The van der Waals surface area contributed by atoms with Gasteiger partial charge >= 0.3 is 0 Å². The molecule has 2 rings (SSSR count). The lowest BCUT2D eigenvalue weighted by Crippen LogP contribution is -2.05. The van der Waals surface area contributed by atoms with Crippen molar-refractivity contribution in [3.05, 3.63) is 58.6 Å². The smallest absolute Gasteiger partial charge is 0.120 e. The summed E-state index contributed by atoms with van der Waals surface area (Å²) in [7, 11) is 0. The summed E-state index contributed by atoms with van der Waals surface area (Å²) in [4.78, 5) is 0. The molecule has 0 unspecified atom stereocenters. The number of aryl methyl sites for hydroxylation is 1. The van der Waals surface area contributed by atoms with Gasteiger partial charge in [-0.2, -0.15) is 5.10 Å². The Balaban J connectivity index is 2.02. The molecule has 0 atom stereocenters. The van der Waals surface area contributed by atoms with Gasteiger partial charge in [0.25, 0.3) is 0 Å². The summed E-state index contributed by atoms with van der Waals surface area (Å²) < 4.78 is 5.65. The van der Waals surface area contributed by atoms with Crippen LogP contribution < -0.4 is 10.2 Å². The molecule has 0 bridgehead atoms. The minimum Gasteiger partial charge on any atom is -0.491 e. The van der Waals surface area contributed by atoms with Crippen molar-refractivity contribution in [1.29, 1.82) is 0 Å². The van der Waals surface area contributed by atoms with Gasteiger partial charge in [0.05, 0.1) is 18.0 Å². The molecule has 0 saturated carbocycles. The van der Waals surface area contributed by atoms with Crippen LogP contribution in [0.1, 0.15) is 25.0 Å². The standard InChI is InChI=1S/C17H19ClN2O/c1-12(2)21-16-6-4-5-14(9-16)11-19-20-15-8-7-13(3)17(18)10-15/h4-12,20H,1-3H3/b19-11+. The van der Waals surface area contributed by atoms with Crippen molar-refractivity contribution < 1.29 is 4.74 Å². The SMILES string of the molecule is Cc1ccc(N/N=C/c2cccc(OC(C)C)c2)cc1Cl. The lowest BCUT2D eigenvalue weighted by atomic mass is 10.2. The van der Waals surface area contributed by atoms with Crippen molar-refractivity contribution in [2.75, 3.05) is 5.43 Å². The highest BCUT2D eigenvalue weighted by atomic mass is 35.5. The lowest BCUT2D eigenvalue weighted by molar-refractivity contribution is 0.242. The van der Waals surface area contributed by atoms with E-state index in [9.17, 15) is 0 Å². The van der Waals surface area contributed by atoms with Gasteiger partial charge in [0.15, 0.2) is 0 Å². The number of hydrogen-bond donors (Lipinski definition) is 1. The fraction of sp³-hybridized carbons (Fsp3) is 0.235. The average molecular weight is 303 g/mol. The molecule has 21 heavy (non-hydrogen) atoms. The van der Waals surface area contributed by atoms with Crippen LogP contribution in [-0.4, -0.2) is 12.3 Å². The number of hydrazone groups is 1. The molecule has 0 amide bonds. The molecule has 0 spiro atoms. The van der Waals surface area contributed by atoms with Crippen molar-refractivity contribution >= 4 is 23.5 Å². The van der Waals surface area contributed by atoms with Crippen molar-refractivity contribution in [2.24, 2.45) is 5.10 Å². The molecule has 0 aliphatic rings. The Bertz CT molecular complexity index is 638. The molecule has 1 N–H and O–H groups in total. The Labute approximate surface area is 130 Å². The Morgan fingerprint density at radius 2 is 2.00 bits per heavy atom. The number of ether oxygens (including phenoxy) is 1. The minimum atomic E-state index is 0.157. The van der Waals surface area contributed by atoms with Gasteiger partial charge in [0, 0.05) is 5.02 Å². The first-order valence-corrected chi connectivity index (χ1v) is 7.24. The van der Waals surface area contributed by atoms with Crippen LogP contribution in [0.4, 0.5) is 5.69 Å². The van der Waals surface area contributed by atoms with Crippen molar-refractivity contribution in [1.82, 2.24) is 0 Å². The molecule has 0 radical (unpaired) electrons. The molecule has 110 valence electrons. The van der Waals surface area contributed by atoms with Crippen LogP contribution in [0, 0.1) is 6.92 Å². The molecule has 0 aromatic heterocycles. The molecule has 0 aliphatic heterocycles. The lowest BCUT2D eigenvalue weighted by Gasteiger charge is -2.09. The van der Waals surface area contributed by atoms with Gasteiger partial charge in [-0.05, 0) is 56.2 Å². The second-order valence-electron chi connectivity index (χ2n) is 5.07. The van der Waals surface area contributed by atoms with Crippen molar-refractivity contribution in [3.8, 4) is 5.75 Å². The second-order valence-corrected chi connectivity index (χ2v) is 5.48. The second kappa shape index (κ2) is 7.14. The largest absolute Gasteiger partial charge is 0.491 e. The van der Waals surface area contributed by atoms with Crippen LogP contribution in [-0.2, 0) is 0 Å². The highest BCUT2D eigenvalue weighted by molar-refractivity contribution is 6.31. The zero-order valence-corrected chi connectivity index (χ0v) is 13.2. The molecule has 0 aliphatic carbocycles. The first-order valence-electron chi connectivity index (χ1n) is 6.86. The molecular weight excluding hydrogens is 284 g/mol. The van der Waals surface area contributed by atoms with Gasteiger partial charge in [-0.1, -0.05) is 29.8 Å². The Kier molecular flexibility index (Phi) is 5.23. The summed E-state index contributed by atoms with van der Waals surface area (Å²) in [5, 5.41) is 4.94. The fourth-order valence-electron chi connectivity index (χ4n) is 1.78. The summed E-state index contributed by atoms with van der Waals surface area (Å²) in [6.45, 7) is 5.97. The van der Waals surface area contributed by atoms with E-state index >= 15 is 0 Å². The molecule has 3 nitrogen and oxygen atoms in total.